The van der Waals surface area contributed by atoms with E-state index in [2.05, 4.69) is 4.99 Å². The van der Waals surface area contributed by atoms with Crippen molar-refractivity contribution in [3.63, 3.8) is 0 Å². The number of thiazole rings is 1. The summed E-state index contributed by atoms with van der Waals surface area (Å²) in [5, 5.41) is 11.1. The number of non-ortho nitro benzene ring substituents is 1. The molecule has 2 heterocycles. The van der Waals surface area contributed by atoms with Gasteiger partial charge in [-0.15, -0.1) is 0 Å². The average molecular weight is 505 g/mol. The van der Waals surface area contributed by atoms with E-state index in [1.807, 2.05) is 6.92 Å². The van der Waals surface area contributed by atoms with Gasteiger partial charge in [0.1, 0.15) is 5.75 Å². The number of nitro groups is 1. The van der Waals surface area contributed by atoms with Crippen LogP contribution in [0.15, 0.2) is 52.4 Å². The van der Waals surface area contributed by atoms with Crippen LogP contribution in [0.4, 0.5) is 5.69 Å². The van der Waals surface area contributed by atoms with Gasteiger partial charge >= 0.3 is 0 Å². The van der Waals surface area contributed by atoms with Gasteiger partial charge in [0.25, 0.3) is 11.6 Å². The maximum absolute atomic E-state index is 12.9. The first-order chi connectivity index (χ1) is 16.2. The molecule has 1 aliphatic rings. The molecule has 0 radical (unpaired) electrons. The minimum absolute atomic E-state index is 0.0178. The second-order valence-electron chi connectivity index (χ2n) is 7.84. The molecule has 180 valence electrons. The van der Waals surface area contributed by atoms with Gasteiger partial charge in [0.05, 0.1) is 27.1 Å². The zero-order chi connectivity index (χ0) is 24.5. The number of aromatic nitrogens is 1. The second kappa shape index (κ2) is 9.65. The zero-order valence-electron chi connectivity index (χ0n) is 18.7. The number of fused-ring (bicyclic) bond motifs is 1. The Morgan fingerprint density at radius 2 is 1.88 bits per heavy atom. The van der Waals surface area contributed by atoms with E-state index in [1.165, 1.54) is 47.0 Å². The number of nitro benzene ring substituents is 1. The summed E-state index contributed by atoms with van der Waals surface area (Å²) >= 11 is 1.30. The maximum Gasteiger partial charge on any atom is 0.271 e. The third kappa shape index (κ3) is 4.61. The molecule has 2 aromatic carbocycles. The molecule has 0 saturated carbocycles. The lowest BCUT2D eigenvalue weighted by Gasteiger charge is -2.29. The van der Waals surface area contributed by atoms with Gasteiger partial charge in [-0.3, -0.25) is 14.9 Å². The Kier molecular flexibility index (Phi) is 6.82. The third-order valence-corrected chi connectivity index (χ3v) is 8.87. The number of amides is 1. The molecule has 1 aromatic heterocycles. The quantitative estimate of drug-likeness (QED) is 0.375. The fraction of sp³-hybridized carbons (Fsp3) is 0.364. The Bertz CT molecular complexity index is 1400. The van der Waals surface area contributed by atoms with E-state index >= 15 is 0 Å². The highest BCUT2D eigenvalue weighted by Crippen LogP contribution is 2.26. The normalized spacial score (nSPS) is 16.1. The van der Waals surface area contributed by atoms with Crippen molar-refractivity contribution >= 4 is 43.2 Å². The number of ether oxygens (including phenoxy) is 1. The lowest BCUT2D eigenvalue weighted by Crippen LogP contribution is -2.40. The third-order valence-electron chi connectivity index (χ3n) is 5.90. The fourth-order valence-electron chi connectivity index (χ4n) is 3.99. The number of hydrogen-bond donors (Lipinski definition) is 0. The van der Waals surface area contributed by atoms with Crippen molar-refractivity contribution in [3.8, 4) is 5.75 Å². The van der Waals surface area contributed by atoms with Crippen LogP contribution in [0.3, 0.4) is 0 Å². The van der Waals surface area contributed by atoms with Gasteiger partial charge in [0.2, 0.25) is 10.0 Å². The number of nitrogens with zero attached hydrogens (tertiary/aromatic N) is 4. The number of methoxy groups -OCH3 is 1. The molecule has 34 heavy (non-hydrogen) atoms. The Balaban J connectivity index is 1.51. The van der Waals surface area contributed by atoms with Crippen LogP contribution in [0, 0.1) is 16.0 Å². The van der Waals surface area contributed by atoms with E-state index in [4.69, 9.17) is 4.74 Å². The van der Waals surface area contributed by atoms with Crippen LogP contribution in [0.25, 0.3) is 10.2 Å². The Labute approximate surface area is 200 Å². The highest BCUT2D eigenvalue weighted by atomic mass is 32.2. The predicted molar refractivity (Wildman–Crippen MR) is 127 cm³/mol. The lowest BCUT2D eigenvalue weighted by molar-refractivity contribution is -0.384. The van der Waals surface area contributed by atoms with Crippen molar-refractivity contribution in [2.45, 2.75) is 31.2 Å². The van der Waals surface area contributed by atoms with Crippen LogP contribution in [0.2, 0.25) is 0 Å². The number of aryl methyl sites for hydroxylation is 1. The van der Waals surface area contributed by atoms with Crippen LogP contribution < -0.4 is 9.54 Å². The topological polar surface area (TPSA) is 124 Å². The molecule has 0 aliphatic carbocycles. The summed E-state index contributed by atoms with van der Waals surface area (Å²) < 4.78 is 34.9. The number of carbonyl (C=O) groups is 1. The standard InChI is InChI=1S/C22H24N4O6S2/c1-3-25-19-14-16(26(28)29)4-9-20(19)33-22(25)23-21(27)15-10-12-24(13-11-15)34(30,31)18-7-5-17(32-2)6-8-18/h4-9,14-15H,3,10-13H2,1-2H3. The summed E-state index contributed by atoms with van der Waals surface area (Å²) in [5.41, 5.74) is 0.643. The first-order valence-corrected chi connectivity index (χ1v) is 13.0. The van der Waals surface area contributed by atoms with E-state index in [1.54, 1.807) is 22.8 Å². The lowest BCUT2D eigenvalue weighted by atomic mass is 9.98. The van der Waals surface area contributed by atoms with Gasteiger partial charge in [-0.05, 0) is 50.1 Å². The summed E-state index contributed by atoms with van der Waals surface area (Å²) in [4.78, 5) is 28.6. The molecular weight excluding hydrogens is 480 g/mol. The minimum atomic E-state index is -3.66. The smallest absolute Gasteiger partial charge is 0.271 e. The molecule has 0 bridgehead atoms. The molecular formula is C22H24N4O6S2. The van der Waals surface area contributed by atoms with Gasteiger partial charge in [-0.1, -0.05) is 11.3 Å². The van der Waals surface area contributed by atoms with Crippen LogP contribution >= 0.6 is 11.3 Å². The van der Waals surface area contributed by atoms with Gasteiger partial charge in [-0.2, -0.15) is 9.30 Å². The number of piperidine rings is 1. The monoisotopic (exact) mass is 504 g/mol. The molecule has 1 saturated heterocycles. The fourth-order valence-corrected chi connectivity index (χ4v) is 6.54. The van der Waals surface area contributed by atoms with Crippen LogP contribution in [0.5, 0.6) is 5.75 Å². The number of carbonyl (C=O) groups excluding carboxylic acids is 1. The highest BCUT2D eigenvalue weighted by Gasteiger charge is 2.32. The maximum atomic E-state index is 12.9. The molecule has 0 atom stereocenters. The first-order valence-electron chi connectivity index (χ1n) is 10.7. The number of hydrogen-bond acceptors (Lipinski definition) is 7. The Morgan fingerprint density at radius 1 is 1.21 bits per heavy atom. The summed E-state index contributed by atoms with van der Waals surface area (Å²) in [6.45, 7) is 2.85. The zero-order valence-corrected chi connectivity index (χ0v) is 20.3. The number of sulfonamides is 1. The van der Waals surface area contributed by atoms with Crippen molar-refractivity contribution in [1.29, 1.82) is 0 Å². The van der Waals surface area contributed by atoms with Gasteiger partial charge in [0.15, 0.2) is 4.80 Å². The second-order valence-corrected chi connectivity index (χ2v) is 10.8. The average Bonchev–Trinajstić information content (AvgIpc) is 3.20. The Hall–Kier alpha value is -3.09. The van der Waals surface area contributed by atoms with Gasteiger partial charge < -0.3 is 9.30 Å². The molecule has 0 unspecified atom stereocenters. The molecule has 3 aromatic rings. The van der Waals surface area contributed by atoms with Crippen molar-refractivity contribution in [2.24, 2.45) is 10.9 Å². The van der Waals surface area contributed by atoms with Crippen LogP contribution in [0.1, 0.15) is 19.8 Å². The molecule has 12 heteroatoms. The first kappa shape index (κ1) is 24.0. The highest BCUT2D eigenvalue weighted by molar-refractivity contribution is 7.89. The number of rotatable bonds is 6. The van der Waals surface area contributed by atoms with Gasteiger partial charge in [-0.25, -0.2) is 8.42 Å². The number of benzene rings is 2. The summed E-state index contributed by atoms with van der Waals surface area (Å²) in [6.07, 6.45) is 0.750. The van der Waals surface area contributed by atoms with Crippen LogP contribution in [-0.2, 0) is 21.4 Å². The molecule has 10 nitrogen and oxygen atoms in total. The van der Waals surface area contributed by atoms with E-state index in [-0.39, 0.29) is 35.5 Å². The van der Waals surface area contributed by atoms with Crippen molar-refractivity contribution in [3.05, 3.63) is 57.4 Å². The predicted octanol–water partition coefficient (Wildman–Crippen LogP) is 3.17. The molecule has 1 aliphatic heterocycles. The van der Waals surface area contributed by atoms with E-state index in [9.17, 15) is 23.3 Å². The van der Waals surface area contributed by atoms with Gasteiger partial charge in [0, 0.05) is 37.7 Å². The summed E-state index contributed by atoms with van der Waals surface area (Å²) in [7, 11) is -2.14. The Morgan fingerprint density at radius 3 is 2.47 bits per heavy atom. The van der Waals surface area contributed by atoms with Crippen molar-refractivity contribution in [1.82, 2.24) is 8.87 Å². The molecule has 0 N–H and O–H groups in total. The SMILES string of the molecule is CCn1c(=NC(=O)C2CCN(S(=O)(=O)c3ccc(OC)cc3)CC2)sc2ccc([N+](=O)[O-])cc21. The van der Waals surface area contributed by atoms with E-state index in [0.717, 1.165) is 4.70 Å². The molecule has 0 spiro atoms. The van der Waals surface area contributed by atoms with Crippen LogP contribution in [-0.4, -0.2) is 48.3 Å². The van der Waals surface area contributed by atoms with Crippen molar-refractivity contribution < 1.29 is 22.9 Å². The van der Waals surface area contributed by atoms with E-state index < -0.39 is 14.9 Å². The molecule has 1 fully saturated rings. The largest absolute Gasteiger partial charge is 0.497 e. The summed E-state index contributed by atoms with van der Waals surface area (Å²) in [6, 6.07) is 10.8. The van der Waals surface area contributed by atoms with Crippen molar-refractivity contribution in [2.75, 3.05) is 20.2 Å². The summed E-state index contributed by atoms with van der Waals surface area (Å²) in [5.74, 6) is -0.109. The minimum Gasteiger partial charge on any atom is -0.497 e. The molecule has 4 rings (SSSR count). The van der Waals surface area contributed by atoms with E-state index in [0.29, 0.717) is 35.5 Å². The molecule has 1 amide bonds.